The van der Waals surface area contributed by atoms with E-state index in [1.165, 1.54) is 12.4 Å². The van der Waals surface area contributed by atoms with Gasteiger partial charge in [0.2, 0.25) is 11.9 Å². The first-order valence-electron chi connectivity index (χ1n) is 15.1. The molecule has 1 atom stereocenters. The number of primary amides is 1. The van der Waals surface area contributed by atoms with Gasteiger partial charge in [0.1, 0.15) is 28.2 Å². The number of aromatic nitrogens is 3. The Labute approximate surface area is 277 Å². The number of piperidine rings is 1. The van der Waals surface area contributed by atoms with Gasteiger partial charge in [0.05, 0.1) is 28.1 Å². The minimum atomic E-state index is -0.755. The van der Waals surface area contributed by atoms with Gasteiger partial charge in [-0.2, -0.15) is 10.5 Å². The van der Waals surface area contributed by atoms with E-state index in [0.29, 0.717) is 69.9 Å². The topological polar surface area (TPSA) is 191 Å². The Bertz CT molecular complexity index is 1850. The maximum Gasteiger partial charge on any atom is 0.258 e. The van der Waals surface area contributed by atoms with E-state index >= 15 is 0 Å². The number of para-hydroxylation sites is 2. The normalized spacial score (nSPS) is 13.7. The quantitative estimate of drug-likeness (QED) is 0.163. The molecule has 2 aromatic carbocycles. The highest BCUT2D eigenvalue weighted by Crippen LogP contribution is 2.40. The monoisotopic (exact) mass is 646 g/mol. The first-order valence-corrected chi connectivity index (χ1v) is 16.0. The number of hydrogen-bond donors (Lipinski definition) is 3. The van der Waals surface area contributed by atoms with Crippen LogP contribution in [-0.4, -0.2) is 52.9 Å². The van der Waals surface area contributed by atoms with Crippen LogP contribution in [0.15, 0.2) is 72.0 Å². The molecule has 0 saturated carbocycles. The average Bonchev–Trinajstić information content (AvgIpc) is 3.10. The van der Waals surface area contributed by atoms with Crippen LogP contribution >= 0.6 is 11.8 Å². The Hall–Kier alpha value is -5.66. The molecule has 2 aromatic heterocycles. The average molecular weight is 647 g/mol. The number of carbonyl (C=O) groups is 2. The number of nitriles is 2. The van der Waals surface area contributed by atoms with Crippen LogP contribution in [0.3, 0.4) is 0 Å². The number of hydrogen-bond acceptors (Lipinski definition) is 11. The van der Waals surface area contributed by atoms with Crippen molar-refractivity contribution in [3.63, 3.8) is 0 Å². The number of carbonyl (C=O) groups excluding carboxylic acids is 2. The minimum absolute atomic E-state index is 0.0933. The molecule has 4 aromatic rings. The van der Waals surface area contributed by atoms with Gasteiger partial charge in [-0.1, -0.05) is 61.2 Å². The molecule has 5 rings (SSSR count). The maximum atomic E-state index is 12.7. The molecule has 1 unspecified atom stereocenters. The van der Waals surface area contributed by atoms with Gasteiger partial charge in [-0.25, -0.2) is 15.0 Å². The number of nitrogens with two attached hydrogens (primary N) is 2. The van der Waals surface area contributed by atoms with Gasteiger partial charge in [-0.15, -0.1) is 0 Å². The zero-order valence-corrected chi connectivity index (χ0v) is 26.9. The summed E-state index contributed by atoms with van der Waals surface area (Å²) in [5.41, 5.74) is 15.0. The lowest BCUT2D eigenvalue weighted by atomic mass is 9.99. The van der Waals surface area contributed by atoms with E-state index in [0.717, 1.165) is 24.6 Å². The molecule has 1 aliphatic rings. The molecule has 13 heteroatoms. The first kappa shape index (κ1) is 32.7. The molecule has 0 bridgehead atoms. The zero-order chi connectivity index (χ0) is 33.5. The minimum Gasteiger partial charge on any atom is -0.397 e. The molecule has 12 nitrogen and oxygen atoms in total. The van der Waals surface area contributed by atoms with E-state index in [9.17, 15) is 20.1 Å². The number of nitrogen functional groups attached to an aromatic ring is 1. The predicted octanol–water partition coefficient (Wildman–Crippen LogP) is 4.44. The van der Waals surface area contributed by atoms with Crippen molar-refractivity contribution in [3.8, 4) is 12.1 Å². The van der Waals surface area contributed by atoms with E-state index in [2.05, 4.69) is 32.3 Å². The van der Waals surface area contributed by atoms with Crippen molar-refractivity contribution in [3.05, 3.63) is 94.8 Å². The molecule has 238 valence electrons. The second-order valence-corrected chi connectivity index (χ2v) is 12.1. The van der Waals surface area contributed by atoms with Crippen molar-refractivity contribution >= 4 is 46.7 Å². The second kappa shape index (κ2) is 14.6. The fourth-order valence-corrected chi connectivity index (χ4v) is 6.64. The van der Waals surface area contributed by atoms with Crippen molar-refractivity contribution in [1.82, 2.24) is 15.0 Å². The van der Waals surface area contributed by atoms with Crippen molar-refractivity contribution in [1.29, 1.82) is 10.5 Å². The van der Waals surface area contributed by atoms with E-state index in [4.69, 9.17) is 16.5 Å². The summed E-state index contributed by atoms with van der Waals surface area (Å²) in [6.07, 6.45) is 4.87. The van der Waals surface area contributed by atoms with E-state index in [-0.39, 0.29) is 17.5 Å². The summed E-state index contributed by atoms with van der Waals surface area (Å²) in [6.45, 7) is 3.07. The fraction of sp³-hybridized carbons (Fsp3) is 0.265. The molecule has 0 spiro atoms. The van der Waals surface area contributed by atoms with Crippen LogP contribution in [0.2, 0.25) is 0 Å². The number of thioether (sulfide) groups is 1. The summed E-state index contributed by atoms with van der Waals surface area (Å²) < 4.78 is 0. The molecule has 5 N–H and O–H groups in total. The highest BCUT2D eigenvalue weighted by molar-refractivity contribution is 8.00. The number of nitrogens with zero attached hydrogens (tertiary/aromatic N) is 7. The van der Waals surface area contributed by atoms with Crippen LogP contribution < -0.4 is 26.6 Å². The number of amides is 2. The lowest BCUT2D eigenvalue weighted by Gasteiger charge is -2.38. The zero-order valence-electron chi connectivity index (χ0n) is 26.1. The van der Waals surface area contributed by atoms with Crippen LogP contribution in [0, 0.1) is 22.7 Å². The van der Waals surface area contributed by atoms with Crippen molar-refractivity contribution in [2.75, 3.05) is 41.0 Å². The summed E-state index contributed by atoms with van der Waals surface area (Å²) in [6, 6.07) is 20.7. The Morgan fingerprint density at radius 2 is 1.68 bits per heavy atom. The highest BCUT2D eigenvalue weighted by Gasteiger charge is 2.30. The number of nitrogens with one attached hydrogen (secondary N) is 1. The highest BCUT2D eigenvalue weighted by atomic mass is 32.2. The van der Waals surface area contributed by atoms with Crippen LogP contribution in [-0.2, 0) is 11.2 Å². The third-order valence-electron chi connectivity index (χ3n) is 8.15. The smallest absolute Gasteiger partial charge is 0.258 e. The molecular weight excluding hydrogens is 613 g/mol. The van der Waals surface area contributed by atoms with Gasteiger partial charge in [0.15, 0.2) is 0 Å². The summed E-state index contributed by atoms with van der Waals surface area (Å²) in [5, 5.41) is 22.7. The SMILES string of the molecule is CCc1c(C#N)c(SC(C(N)=O)c2ccccc2)nc(N2CCC(N(C)c3ncc(C(=O)Nc4ccccc4N)cn3)CC2)c1C#N. The van der Waals surface area contributed by atoms with Gasteiger partial charge in [-0.05, 0) is 42.5 Å². The van der Waals surface area contributed by atoms with Gasteiger partial charge < -0.3 is 26.6 Å². The summed E-state index contributed by atoms with van der Waals surface area (Å²) in [5.74, 6) is 0.0766. The van der Waals surface area contributed by atoms with Gasteiger partial charge in [0, 0.05) is 38.6 Å². The lowest BCUT2D eigenvalue weighted by Crippen LogP contribution is -2.44. The lowest BCUT2D eigenvalue weighted by molar-refractivity contribution is -0.117. The van der Waals surface area contributed by atoms with Crippen LogP contribution in [0.4, 0.5) is 23.1 Å². The third-order valence-corrected chi connectivity index (χ3v) is 9.41. The molecule has 0 aliphatic carbocycles. The van der Waals surface area contributed by atoms with Crippen molar-refractivity contribution in [2.45, 2.75) is 42.5 Å². The van der Waals surface area contributed by atoms with Crippen LogP contribution in [0.1, 0.15) is 57.6 Å². The Kier molecular flexibility index (Phi) is 10.2. The molecule has 1 saturated heterocycles. The fourth-order valence-electron chi connectivity index (χ4n) is 5.58. The van der Waals surface area contributed by atoms with Gasteiger partial charge in [0.25, 0.3) is 5.91 Å². The largest absolute Gasteiger partial charge is 0.397 e. The summed E-state index contributed by atoms with van der Waals surface area (Å²) in [7, 11) is 1.91. The molecule has 47 heavy (non-hydrogen) atoms. The molecular formula is C34H34N10O2S. The number of rotatable bonds is 10. The van der Waals surface area contributed by atoms with E-state index in [1.54, 1.807) is 24.3 Å². The summed E-state index contributed by atoms with van der Waals surface area (Å²) in [4.78, 5) is 43.0. The Morgan fingerprint density at radius 1 is 1.04 bits per heavy atom. The predicted molar refractivity (Wildman–Crippen MR) is 182 cm³/mol. The molecule has 0 radical (unpaired) electrons. The summed E-state index contributed by atoms with van der Waals surface area (Å²) >= 11 is 1.13. The van der Waals surface area contributed by atoms with Crippen molar-refractivity contribution < 1.29 is 9.59 Å². The number of pyridine rings is 1. The number of benzene rings is 2. The molecule has 1 aliphatic heterocycles. The van der Waals surface area contributed by atoms with E-state index in [1.807, 2.05) is 49.2 Å². The Morgan fingerprint density at radius 3 is 2.28 bits per heavy atom. The first-order chi connectivity index (χ1) is 22.7. The molecule has 1 fully saturated rings. The maximum absolute atomic E-state index is 12.7. The third kappa shape index (κ3) is 7.11. The van der Waals surface area contributed by atoms with Crippen molar-refractivity contribution in [2.24, 2.45) is 5.73 Å². The standard InChI is InChI=1S/C34H34N10O2S/c1-3-24-25(17-35)31(42-33(26(24)18-36)47-29(30(38)45)21-9-5-4-6-10-21)44-15-13-23(14-16-44)43(2)34-39-19-22(20-40-34)32(46)41-28-12-8-7-11-27(28)37/h4-12,19-20,23,29H,3,13-16,37H2,1-2H3,(H2,38,45)(H,41,46). The number of anilines is 4. The van der Waals surface area contributed by atoms with Crippen LogP contribution in [0.5, 0.6) is 0 Å². The van der Waals surface area contributed by atoms with Gasteiger partial charge in [-0.3, -0.25) is 9.59 Å². The Balaban J connectivity index is 1.32. The second-order valence-electron chi connectivity index (χ2n) is 11.0. The van der Waals surface area contributed by atoms with Crippen LogP contribution in [0.25, 0.3) is 0 Å². The molecule has 3 heterocycles. The molecule has 2 amide bonds. The van der Waals surface area contributed by atoms with Gasteiger partial charge >= 0.3 is 0 Å². The van der Waals surface area contributed by atoms with E-state index < -0.39 is 11.2 Å².